The van der Waals surface area contributed by atoms with E-state index in [1.807, 2.05) is 0 Å². The van der Waals surface area contributed by atoms with Gasteiger partial charge in [0.15, 0.2) is 6.10 Å². The van der Waals surface area contributed by atoms with E-state index in [0.717, 1.165) is 0 Å². The molecular formula is C24H24N4O6. The molecule has 2 amide bonds. The Morgan fingerprint density at radius 3 is 2.47 bits per heavy atom. The third-order valence-corrected chi connectivity index (χ3v) is 5.83. The molecule has 1 aliphatic heterocycles. The third-order valence-electron chi connectivity index (χ3n) is 5.83. The summed E-state index contributed by atoms with van der Waals surface area (Å²) in [6.07, 6.45) is -1.37. The van der Waals surface area contributed by atoms with Crippen molar-refractivity contribution >= 4 is 40.1 Å². The molecule has 1 aliphatic rings. The van der Waals surface area contributed by atoms with Gasteiger partial charge in [0, 0.05) is 6.54 Å². The van der Waals surface area contributed by atoms with Crippen LogP contribution in [0, 0.1) is 0 Å². The number of carbonyl (C=O) groups excluding carboxylic acids is 3. The fourth-order valence-corrected chi connectivity index (χ4v) is 4.00. The van der Waals surface area contributed by atoms with Crippen LogP contribution in [0.2, 0.25) is 0 Å². The average Bonchev–Trinajstić information content (AvgIpc) is 2.79. The molecule has 0 fully saturated rings. The Balaban J connectivity index is 1.50. The van der Waals surface area contributed by atoms with E-state index in [2.05, 4.69) is 10.3 Å². The average molecular weight is 464 g/mol. The number of aromatic amines is 1. The molecule has 10 nitrogen and oxygen atoms in total. The molecule has 34 heavy (non-hydrogen) atoms. The Bertz CT molecular complexity index is 1420. The zero-order valence-corrected chi connectivity index (χ0v) is 19.0. The van der Waals surface area contributed by atoms with Gasteiger partial charge in [-0.2, -0.15) is 0 Å². The number of benzene rings is 2. The number of fused-ring (bicyclic) bond motifs is 2. The topological polar surface area (TPSA) is 131 Å². The van der Waals surface area contributed by atoms with Crippen LogP contribution in [0.25, 0.3) is 10.9 Å². The van der Waals surface area contributed by atoms with E-state index in [9.17, 15) is 24.0 Å². The maximum atomic E-state index is 13.3. The maximum absolute atomic E-state index is 13.3. The number of aromatic nitrogens is 2. The summed E-state index contributed by atoms with van der Waals surface area (Å²) in [6.45, 7) is 4.61. The maximum Gasteiger partial charge on any atom is 0.328 e. The lowest BCUT2D eigenvalue weighted by Crippen LogP contribution is -2.60. The van der Waals surface area contributed by atoms with Gasteiger partial charge in [0.05, 0.1) is 28.7 Å². The largest absolute Gasteiger partial charge is 0.452 e. The van der Waals surface area contributed by atoms with Crippen molar-refractivity contribution in [3.8, 4) is 0 Å². The van der Waals surface area contributed by atoms with Crippen LogP contribution < -0.4 is 21.5 Å². The molecule has 0 spiro atoms. The second kappa shape index (κ2) is 8.62. The zero-order chi connectivity index (χ0) is 24.6. The summed E-state index contributed by atoms with van der Waals surface area (Å²) in [5.41, 5.74) is -0.959. The van der Waals surface area contributed by atoms with Crippen LogP contribution in [0.5, 0.6) is 0 Å². The molecule has 2 heterocycles. The quantitative estimate of drug-likeness (QED) is 0.554. The number of amides is 2. The smallest absolute Gasteiger partial charge is 0.328 e. The third kappa shape index (κ3) is 3.98. The first-order valence-corrected chi connectivity index (χ1v) is 10.8. The Hall–Kier alpha value is -4.21. The van der Waals surface area contributed by atoms with Gasteiger partial charge in [0.2, 0.25) is 5.91 Å². The van der Waals surface area contributed by atoms with E-state index in [4.69, 9.17) is 4.74 Å². The van der Waals surface area contributed by atoms with Crippen molar-refractivity contribution in [2.75, 3.05) is 10.2 Å². The van der Waals surface area contributed by atoms with Gasteiger partial charge in [-0.25, -0.2) is 4.79 Å². The highest BCUT2D eigenvalue weighted by Gasteiger charge is 2.45. The fourth-order valence-electron chi connectivity index (χ4n) is 4.00. The van der Waals surface area contributed by atoms with Gasteiger partial charge in [-0.1, -0.05) is 24.3 Å². The Labute approximate surface area is 194 Å². The summed E-state index contributed by atoms with van der Waals surface area (Å²) in [5.74, 6) is -1.61. The van der Waals surface area contributed by atoms with E-state index >= 15 is 0 Å². The number of aryl methyl sites for hydroxylation is 1. The van der Waals surface area contributed by atoms with Crippen molar-refractivity contribution in [3.05, 3.63) is 69.4 Å². The number of nitrogens with zero attached hydrogens (tertiary/aromatic N) is 2. The summed E-state index contributed by atoms with van der Waals surface area (Å²) in [4.78, 5) is 66.2. The van der Waals surface area contributed by atoms with Crippen molar-refractivity contribution in [2.24, 2.45) is 0 Å². The summed E-state index contributed by atoms with van der Waals surface area (Å²) in [7, 11) is 0. The molecule has 0 aliphatic carbocycles. The molecule has 2 aromatic carbocycles. The van der Waals surface area contributed by atoms with Gasteiger partial charge in [0.1, 0.15) is 5.54 Å². The van der Waals surface area contributed by atoms with Gasteiger partial charge in [-0.3, -0.25) is 33.6 Å². The second-order valence-corrected chi connectivity index (χ2v) is 8.51. The van der Waals surface area contributed by atoms with Crippen molar-refractivity contribution in [1.82, 2.24) is 9.55 Å². The molecule has 0 saturated heterocycles. The van der Waals surface area contributed by atoms with Crippen LogP contribution in [0.4, 0.5) is 11.4 Å². The number of nitrogens with one attached hydrogen (secondary N) is 2. The lowest BCUT2D eigenvalue weighted by Gasteiger charge is -2.42. The molecule has 4 rings (SSSR count). The molecule has 1 atom stereocenters. The number of carbonyl (C=O) groups is 3. The van der Waals surface area contributed by atoms with Crippen LogP contribution in [0.1, 0.15) is 27.2 Å². The zero-order valence-electron chi connectivity index (χ0n) is 19.0. The Morgan fingerprint density at radius 1 is 1.03 bits per heavy atom. The number of H-pyrrole nitrogens is 1. The van der Waals surface area contributed by atoms with Crippen molar-refractivity contribution in [2.45, 2.75) is 45.4 Å². The highest BCUT2D eigenvalue weighted by molar-refractivity contribution is 6.15. The molecule has 176 valence electrons. The minimum Gasteiger partial charge on any atom is -0.452 e. The van der Waals surface area contributed by atoms with Crippen molar-refractivity contribution in [1.29, 1.82) is 0 Å². The first-order chi connectivity index (χ1) is 16.1. The van der Waals surface area contributed by atoms with E-state index in [0.29, 0.717) is 22.3 Å². The Morgan fingerprint density at radius 2 is 1.71 bits per heavy atom. The van der Waals surface area contributed by atoms with E-state index in [-0.39, 0.29) is 18.9 Å². The van der Waals surface area contributed by atoms with Gasteiger partial charge >= 0.3 is 11.7 Å². The number of ether oxygens (including phenoxy) is 1. The molecule has 0 saturated carbocycles. The van der Waals surface area contributed by atoms with Crippen LogP contribution in [-0.2, 0) is 25.7 Å². The van der Waals surface area contributed by atoms with E-state index < -0.39 is 34.8 Å². The number of hydrogen-bond acceptors (Lipinski definition) is 6. The van der Waals surface area contributed by atoms with Crippen LogP contribution in [0.3, 0.4) is 0 Å². The predicted octanol–water partition coefficient (Wildman–Crippen LogP) is 1.78. The molecule has 10 heteroatoms. The van der Waals surface area contributed by atoms with E-state index in [1.54, 1.807) is 62.4 Å². The Kier molecular flexibility index (Phi) is 5.82. The van der Waals surface area contributed by atoms with Crippen LogP contribution in [0.15, 0.2) is 58.1 Å². The van der Waals surface area contributed by atoms with Crippen molar-refractivity contribution in [3.63, 3.8) is 0 Å². The summed E-state index contributed by atoms with van der Waals surface area (Å²) < 4.78 is 6.63. The molecule has 0 radical (unpaired) electrons. The van der Waals surface area contributed by atoms with Gasteiger partial charge in [-0.15, -0.1) is 0 Å². The fraction of sp³-hybridized carbons (Fsp3) is 0.292. The molecule has 3 aromatic rings. The summed E-state index contributed by atoms with van der Waals surface area (Å²) in [5, 5.41) is 3.10. The number of rotatable bonds is 5. The first kappa shape index (κ1) is 23.0. The predicted molar refractivity (Wildman–Crippen MR) is 126 cm³/mol. The molecular weight excluding hydrogens is 440 g/mol. The number of esters is 1. The van der Waals surface area contributed by atoms with Gasteiger partial charge in [0.25, 0.3) is 11.5 Å². The number of para-hydroxylation sites is 3. The molecule has 2 N–H and O–H groups in total. The summed E-state index contributed by atoms with van der Waals surface area (Å²) >= 11 is 0. The number of hydrogen-bond donors (Lipinski definition) is 2. The normalized spacial score (nSPS) is 15.4. The van der Waals surface area contributed by atoms with Crippen LogP contribution >= 0.6 is 0 Å². The molecule has 1 unspecified atom stereocenters. The minimum absolute atomic E-state index is 0.0453. The number of anilines is 2. The lowest BCUT2D eigenvalue weighted by molar-refractivity contribution is -0.154. The van der Waals surface area contributed by atoms with Gasteiger partial charge in [-0.05, 0) is 45.0 Å². The standard InChI is InChI=1S/C24H24N4O6/c1-14(21(31)28-18-11-7-5-9-16(18)25-22(32)24(28,2)3)34-19(29)12-13-27-17-10-6-4-8-15(17)20(30)26-23(27)33/h4-11,14H,12-13H2,1-3H3,(H,25,32)(H,26,30,33). The minimum atomic E-state index is -1.20. The first-order valence-electron chi connectivity index (χ1n) is 10.8. The van der Waals surface area contributed by atoms with Gasteiger partial charge < -0.3 is 10.1 Å². The molecule has 1 aromatic heterocycles. The SMILES string of the molecule is CC(OC(=O)CCn1c(=O)[nH]c(=O)c2ccccc21)C(=O)N1c2ccccc2NC(=O)C1(C)C. The molecule has 0 bridgehead atoms. The lowest BCUT2D eigenvalue weighted by atomic mass is 9.95. The van der Waals surface area contributed by atoms with E-state index in [1.165, 1.54) is 16.4 Å². The van der Waals surface area contributed by atoms with Crippen molar-refractivity contribution < 1.29 is 19.1 Å². The second-order valence-electron chi connectivity index (χ2n) is 8.51. The monoisotopic (exact) mass is 464 g/mol. The summed E-state index contributed by atoms with van der Waals surface area (Å²) in [6, 6.07) is 13.4. The highest BCUT2D eigenvalue weighted by atomic mass is 16.5. The highest BCUT2D eigenvalue weighted by Crippen LogP contribution is 2.37. The van der Waals surface area contributed by atoms with Crippen LogP contribution in [-0.4, -0.2) is 39.0 Å².